The summed E-state index contributed by atoms with van der Waals surface area (Å²) >= 11 is 1.57. The number of benzene rings is 2. The highest BCUT2D eigenvalue weighted by Crippen LogP contribution is 2.24. The maximum Gasteiger partial charge on any atom is 0.245 e. The fourth-order valence-corrected chi connectivity index (χ4v) is 5.01. The summed E-state index contributed by atoms with van der Waals surface area (Å²) in [5.41, 5.74) is 2.86. The molecule has 4 rings (SSSR count). The third-order valence-electron chi connectivity index (χ3n) is 4.47. The summed E-state index contributed by atoms with van der Waals surface area (Å²) in [6.45, 7) is 0.552. The second kappa shape index (κ2) is 8.65. The van der Waals surface area contributed by atoms with Gasteiger partial charge < -0.3 is 0 Å². The van der Waals surface area contributed by atoms with Gasteiger partial charge in [-0.05, 0) is 23.3 Å². The molecule has 0 radical (unpaired) electrons. The van der Waals surface area contributed by atoms with Crippen LogP contribution >= 0.6 is 11.3 Å². The van der Waals surface area contributed by atoms with Crippen LogP contribution in [0.5, 0.6) is 0 Å². The van der Waals surface area contributed by atoms with E-state index in [4.69, 9.17) is 0 Å². The SMILES string of the molecule is O=S(=O)(c1cccnc1)N(Cc1ccccc1)Cc1ccc(-c2nccs2)cc1. The molecule has 0 bridgehead atoms. The molecule has 0 aliphatic carbocycles. The molecule has 2 aromatic heterocycles. The standard InChI is InChI=1S/C22H19N3O2S2/c26-29(27,21-7-4-12-23-15-21)25(16-18-5-2-1-3-6-18)17-19-8-10-20(11-9-19)22-24-13-14-28-22/h1-15H,16-17H2. The number of sulfonamides is 1. The van der Waals surface area contributed by atoms with E-state index in [2.05, 4.69) is 9.97 Å². The first-order chi connectivity index (χ1) is 14.1. The minimum Gasteiger partial charge on any atom is -0.263 e. The van der Waals surface area contributed by atoms with Crippen LogP contribution in [0, 0.1) is 0 Å². The van der Waals surface area contributed by atoms with Gasteiger partial charge in [0, 0.05) is 42.6 Å². The van der Waals surface area contributed by atoms with E-state index in [0.29, 0.717) is 0 Å². The van der Waals surface area contributed by atoms with E-state index in [1.807, 2.05) is 60.0 Å². The average Bonchev–Trinajstić information content (AvgIpc) is 3.30. The predicted octanol–water partition coefficient (Wildman–Crippen LogP) is 4.60. The van der Waals surface area contributed by atoms with Crippen molar-refractivity contribution in [2.75, 3.05) is 0 Å². The van der Waals surface area contributed by atoms with Gasteiger partial charge in [0.15, 0.2) is 0 Å². The van der Waals surface area contributed by atoms with Crippen LogP contribution in [0.3, 0.4) is 0 Å². The van der Waals surface area contributed by atoms with E-state index >= 15 is 0 Å². The van der Waals surface area contributed by atoms with Gasteiger partial charge in [0.25, 0.3) is 0 Å². The zero-order chi connectivity index (χ0) is 20.1. The summed E-state index contributed by atoms with van der Waals surface area (Å²) in [6, 6.07) is 20.7. The molecule has 0 fully saturated rings. The van der Waals surface area contributed by atoms with Gasteiger partial charge in [-0.15, -0.1) is 11.3 Å². The highest BCUT2D eigenvalue weighted by Gasteiger charge is 2.25. The van der Waals surface area contributed by atoms with Gasteiger partial charge >= 0.3 is 0 Å². The molecule has 0 N–H and O–H groups in total. The van der Waals surface area contributed by atoms with Crippen molar-refractivity contribution in [2.24, 2.45) is 0 Å². The Morgan fingerprint density at radius 1 is 0.828 bits per heavy atom. The normalized spacial score (nSPS) is 11.6. The van der Waals surface area contributed by atoms with Crippen LogP contribution in [0.2, 0.25) is 0 Å². The van der Waals surface area contributed by atoms with Gasteiger partial charge in [0.1, 0.15) is 9.90 Å². The molecule has 0 saturated heterocycles. The molecule has 0 atom stereocenters. The van der Waals surface area contributed by atoms with Crippen molar-refractivity contribution in [1.82, 2.24) is 14.3 Å². The molecule has 2 aromatic carbocycles. The van der Waals surface area contributed by atoms with Gasteiger partial charge in [-0.1, -0.05) is 54.6 Å². The number of pyridine rings is 1. The van der Waals surface area contributed by atoms with Crippen molar-refractivity contribution in [3.05, 3.63) is 102 Å². The lowest BCUT2D eigenvalue weighted by Gasteiger charge is -2.22. The number of thiazole rings is 1. The Kier molecular flexibility index (Phi) is 5.80. The molecule has 0 saturated carbocycles. The van der Waals surface area contributed by atoms with Crippen molar-refractivity contribution >= 4 is 21.4 Å². The van der Waals surface area contributed by atoms with Gasteiger partial charge in [0.05, 0.1) is 0 Å². The molecule has 4 aromatic rings. The van der Waals surface area contributed by atoms with Gasteiger partial charge in [-0.2, -0.15) is 4.31 Å². The Balaban J connectivity index is 1.63. The van der Waals surface area contributed by atoms with Crippen LogP contribution < -0.4 is 0 Å². The molecule has 0 amide bonds. The predicted molar refractivity (Wildman–Crippen MR) is 115 cm³/mol. The van der Waals surface area contributed by atoms with E-state index in [1.165, 1.54) is 10.5 Å². The van der Waals surface area contributed by atoms with Crippen molar-refractivity contribution in [1.29, 1.82) is 0 Å². The van der Waals surface area contributed by atoms with Crippen LogP contribution in [0.4, 0.5) is 0 Å². The Labute approximate surface area is 174 Å². The van der Waals surface area contributed by atoms with Gasteiger partial charge in [-0.3, -0.25) is 4.98 Å². The summed E-state index contributed by atoms with van der Waals surface area (Å²) in [5, 5.41) is 2.88. The highest BCUT2D eigenvalue weighted by molar-refractivity contribution is 7.89. The van der Waals surface area contributed by atoms with E-state index in [9.17, 15) is 8.42 Å². The molecular weight excluding hydrogens is 402 g/mol. The van der Waals surface area contributed by atoms with Crippen LogP contribution in [0.15, 0.2) is 95.6 Å². The summed E-state index contributed by atoms with van der Waals surface area (Å²) in [5.74, 6) is 0. The molecular formula is C22H19N3O2S2. The van der Waals surface area contributed by atoms with Crippen molar-refractivity contribution in [3.8, 4) is 10.6 Å². The van der Waals surface area contributed by atoms with E-state index in [-0.39, 0.29) is 18.0 Å². The molecule has 0 aliphatic rings. The highest BCUT2D eigenvalue weighted by atomic mass is 32.2. The fourth-order valence-electron chi connectivity index (χ4n) is 2.98. The number of hydrogen-bond acceptors (Lipinski definition) is 5. The molecule has 0 unspecified atom stereocenters. The topological polar surface area (TPSA) is 63.2 Å². The zero-order valence-electron chi connectivity index (χ0n) is 15.5. The van der Waals surface area contributed by atoms with Crippen molar-refractivity contribution in [2.45, 2.75) is 18.0 Å². The molecule has 0 spiro atoms. The molecule has 7 heteroatoms. The van der Waals surface area contributed by atoms with Crippen LogP contribution in [0.25, 0.3) is 10.6 Å². The van der Waals surface area contributed by atoms with E-state index in [1.54, 1.807) is 35.9 Å². The minimum absolute atomic E-state index is 0.190. The van der Waals surface area contributed by atoms with Crippen LogP contribution in [-0.2, 0) is 23.1 Å². The largest absolute Gasteiger partial charge is 0.263 e. The van der Waals surface area contributed by atoms with Gasteiger partial charge in [0.2, 0.25) is 10.0 Å². The Morgan fingerprint density at radius 2 is 1.55 bits per heavy atom. The number of rotatable bonds is 7. The molecule has 5 nitrogen and oxygen atoms in total. The average molecular weight is 422 g/mol. The molecule has 2 heterocycles. The van der Waals surface area contributed by atoms with E-state index < -0.39 is 10.0 Å². The second-order valence-electron chi connectivity index (χ2n) is 6.48. The first-order valence-corrected chi connectivity index (χ1v) is 11.4. The van der Waals surface area contributed by atoms with Crippen molar-refractivity contribution < 1.29 is 8.42 Å². The number of nitrogens with zero attached hydrogens (tertiary/aromatic N) is 3. The Hall–Kier alpha value is -2.87. The summed E-state index contributed by atoms with van der Waals surface area (Å²) in [4.78, 5) is 8.48. The van der Waals surface area contributed by atoms with Crippen molar-refractivity contribution in [3.63, 3.8) is 0 Å². The van der Waals surface area contributed by atoms with E-state index in [0.717, 1.165) is 21.7 Å². The third kappa shape index (κ3) is 4.59. The third-order valence-corrected chi connectivity index (χ3v) is 7.06. The quantitative estimate of drug-likeness (QED) is 0.438. The maximum atomic E-state index is 13.3. The number of aromatic nitrogens is 2. The smallest absolute Gasteiger partial charge is 0.245 e. The first kappa shape index (κ1) is 19.4. The van der Waals surface area contributed by atoms with Crippen LogP contribution in [-0.4, -0.2) is 22.7 Å². The Bertz CT molecular complexity index is 1150. The first-order valence-electron chi connectivity index (χ1n) is 9.06. The maximum absolute atomic E-state index is 13.3. The minimum atomic E-state index is -3.69. The molecule has 29 heavy (non-hydrogen) atoms. The number of hydrogen-bond donors (Lipinski definition) is 0. The lowest BCUT2D eigenvalue weighted by Crippen LogP contribution is -2.30. The summed E-state index contributed by atoms with van der Waals surface area (Å²) < 4.78 is 28.0. The summed E-state index contributed by atoms with van der Waals surface area (Å²) in [7, 11) is -3.69. The lowest BCUT2D eigenvalue weighted by atomic mass is 10.1. The lowest BCUT2D eigenvalue weighted by molar-refractivity contribution is 0.401. The second-order valence-corrected chi connectivity index (χ2v) is 9.31. The van der Waals surface area contributed by atoms with Gasteiger partial charge in [-0.25, -0.2) is 13.4 Å². The Morgan fingerprint density at radius 3 is 2.17 bits per heavy atom. The molecule has 0 aliphatic heterocycles. The monoisotopic (exact) mass is 421 g/mol. The summed E-state index contributed by atoms with van der Waals surface area (Å²) in [6.07, 6.45) is 4.73. The van der Waals surface area contributed by atoms with Crippen LogP contribution in [0.1, 0.15) is 11.1 Å². The fraction of sp³-hybridized carbons (Fsp3) is 0.0909. The zero-order valence-corrected chi connectivity index (χ0v) is 17.2. The molecule has 146 valence electrons.